The van der Waals surface area contributed by atoms with Crippen LogP contribution in [0.15, 0.2) is 41.1 Å². The van der Waals surface area contributed by atoms with E-state index in [4.69, 9.17) is 14.6 Å². The Morgan fingerprint density at radius 1 is 1.33 bits per heavy atom. The van der Waals surface area contributed by atoms with Crippen LogP contribution in [0.1, 0.15) is 69.4 Å². The van der Waals surface area contributed by atoms with Crippen molar-refractivity contribution < 1.29 is 14.6 Å². The number of aryl methyl sites for hydroxylation is 1. The Kier molecular flexibility index (Phi) is 7.97. The zero-order valence-corrected chi connectivity index (χ0v) is 18.7. The molecule has 0 fully saturated rings. The Morgan fingerprint density at radius 2 is 2.17 bits per heavy atom. The van der Waals surface area contributed by atoms with Crippen LogP contribution in [-0.4, -0.2) is 31.3 Å². The van der Waals surface area contributed by atoms with E-state index in [1.54, 1.807) is 7.05 Å². The Labute approximate surface area is 180 Å². The highest BCUT2D eigenvalue weighted by Gasteiger charge is 2.37. The van der Waals surface area contributed by atoms with E-state index in [-0.39, 0.29) is 18.4 Å². The van der Waals surface area contributed by atoms with Crippen LogP contribution < -0.4 is 14.8 Å². The molecule has 0 amide bonds. The largest absolute Gasteiger partial charge is 0.462 e. The fourth-order valence-corrected chi connectivity index (χ4v) is 4.35. The van der Waals surface area contributed by atoms with Gasteiger partial charge in [0.25, 0.3) is 6.02 Å². The third-order valence-electron chi connectivity index (χ3n) is 5.99. The smallest absolute Gasteiger partial charge is 0.289 e. The summed E-state index contributed by atoms with van der Waals surface area (Å²) in [4.78, 5) is 4.27. The van der Waals surface area contributed by atoms with Crippen LogP contribution in [-0.2, 0) is 6.42 Å². The van der Waals surface area contributed by atoms with Gasteiger partial charge >= 0.3 is 0 Å². The van der Waals surface area contributed by atoms with Crippen molar-refractivity contribution in [1.82, 2.24) is 5.32 Å². The van der Waals surface area contributed by atoms with Crippen LogP contribution in [0.2, 0.25) is 0 Å². The minimum Gasteiger partial charge on any atom is -0.462 e. The second-order valence-electron chi connectivity index (χ2n) is 8.35. The molecule has 164 valence electrons. The summed E-state index contributed by atoms with van der Waals surface area (Å²) in [6.07, 6.45) is 9.66. The summed E-state index contributed by atoms with van der Waals surface area (Å²) < 4.78 is 12.5. The van der Waals surface area contributed by atoms with E-state index < -0.39 is 0 Å². The number of benzene rings is 1. The maximum absolute atomic E-state index is 9.07. The van der Waals surface area contributed by atoms with Gasteiger partial charge in [-0.3, -0.25) is 0 Å². The number of aliphatic imine (C=N–C) groups is 1. The molecule has 1 aliphatic heterocycles. The molecule has 30 heavy (non-hydrogen) atoms. The number of ether oxygens (including phenoxy) is 2. The van der Waals surface area contributed by atoms with Gasteiger partial charge in [-0.2, -0.15) is 0 Å². The Hall–Kier alpha value is -2.27. The molecule has 0 unspecified atom stereocenters. The third kappa shape index (κ3) is 5.25. The number of rotatable bonds is 8. The lowest BCUT2D eigenvalue weighted by atomic mass is 9.74. The lowest BCUT2D eigenvalue weighted by Crippen LogP contribution is -2.32. The van der Waals surface area contributed by atoms with E-state index in [0.717, 1.165) is 48.5 Å². The molecule has 5 nitrogen and oxygen atoms in total. The number of hydrogen-bond acceptors (Lipinski definition) is 4. The summed E-state index contributed by atoms with van der Waals surface area (Å²) in [5, 5.41) is 12.2. The highest BCUT2D eigenvalue weighted by atomic mass is 16.5. The standard InChI is InChI=1S/C25H36N2O3/c1-5-6-7-9-19-15-22-24(21-14-17(2)10-11-20(21)18(3)29-22)23(16-19)30-25(26-4)27-12-8-13-28/h14-16,20-21,28H,3,5-13H2,1-2,4H3,(H,26,27)/t20-,21+/m0/s1. The molecule has 1 aromatic carbocycles. The predicted octanol–water partition coefficient (Wildman–Crippen LogP) is 5.10. The molecule has 1 aromatic rings. The first-order chi connectivity index (χ1) is 14.6. The maximum Gasteiger partial charge on any atom is 0.289 e. The van der Waals surface area contributed by atoms with E-state index in [2.05, 4.69) is 48.9 Å². The zero-order chi connectivity index (χ0) is 21.5. The van der Waals surface area contributed by atoms with Crippen LogP contribution in [0.3, 0.4) is 0 Å². The average molecular weight is 413 g/mol. The summed E-state index contributed by atoms with van der Waals surface area (Å²) in [6.45, 7) is 9.39. The fourth-order valence-electron chi connectivity index (χ4n) is 4.35. The van der Waals surface area contributed by atoms with Gasteiger partial charge in [0.05, 0.1) is 0 Å². The molecule has 5 heteroatoms. The quantitative estimate of drug-likeness (QED) is 0.270. The summed E-state index contributed by atoms with van der Waals surface area (Å²) in [6, 6.07) is 4.78. The van der Waals surface area contributed by atoms with Crippen LogP contribution in [0.25, 0.3) is 0 Å². The second-order valence-corrected chi connectivity index (χ2v) is 8.35. The summed E-state index contributed by atoms with van der Waals surface area (Å²) in [7, 11) is 1.71. The highest BCUT2D eigenvalue weighted by Crippen LogP contribution is 2.51. The lowest BCUT2D eigenvalue weighted by Gasteiger charge is -2.37. The summed E-state index contributed by atoms with van der Waals surface area (Å²) in [5.74, 6) is 3.02. The predicted molar refractivity (Wildman–Crippen MR) is 122 cm³/mol. The molecule has 2 N–H and O–H groups in total. The first kappa shape index (κ1) is 22.4. The van der Waals surface area contributed by atoms with Gasteiger partial charge in [0.1, 0.15) is 17.3 Å². The van der Waals surface area contributed by atoms with Crippen LogP contribution in [0, 0.1) is 5.92 Å². The number of aliphatic hydroxyl groups excluding tert-OH is 1. The third-order valence-corrected chi connectivity index (χ3v) is 5.99. The molecular weight excluding hydrogens is 376 g/mol. The van der Waals surface area contributed by atoms with E-state index in [0.29, 0.717) is 19.0 Å². The van der Waals surface area contributed by atoms with Gasteiger partial charge in [0, 0.05) is 37.6 Å². The number of amidine groups is 1. The fraction of sp³-hybridized carbons (Fsp3) is 0.560. The Bertz CT molecular complexity index is 813. The van der Waals surface area contributed by atoms with Gasteiger partial charge in [0.15, 0.2) is 0 Å². The highest BCUT2D eigenvalue weighted by molar-refractivity contribution is 5.77. The monoisotopic (exact) mass is 412 g/mol. The van der Waals surface area contributed by atoms with Gasteiger partial charge < -0.3 is 19.9 Å². The van der Waals surface area contributed by atoms with Crippen molar-refractivity contribution in [2.45, 2.75) is 64.7 Å². The second kappa shape index (κ2) is 10.7. The van der Waals surface area contributed by atoms with Crippen molar-refractivity contribution in [1.29, 1.82) is 0 Å². The van der Waals surface area contributed by atoms with Gasteiger partial charge in [0.2, 0.25) is 0 Å². The minimum atomic E-state index is 0.135. The maximum atomic E-state index is 9.07. The number of nitrogens with one attached hydrogen (secondary N) is 1. The van der Waals surface area contributed by atoms with Gasteiger partial charge in [-0.15, -0.1) is 0 Å². The molecule has 0 bridgehead atoms. The average Bonchev–Trinajstić information content (AvgIpc) is 2.73. The minimum absolute atomic E-state index is 0.135. The molecule has 1 aliphatic carbocycles. The number of hydrogen-bond donors (Lipinski definition) is 2. The molecule has 3 rings (SSSR count). The summed E-state index contributed by atoms with van der Waals surface area (Å²) in [5.41, 5.74) is 3.71. The van der Waals surface area contributed by atoms with E-state index >= 15 is 0 Å². The number of allylic oxidation sites excluding steroid dienone is 3. The Balaban J connectivity index is 1.98. The molecule has 0 saturated carbocycles. The van der Waals surface area contributed by atoms with Crippen LogP contribution in [0.4, 0.5) is 0 Å². The van der Waals surface area contributed by atoms with Crippen molar-refractivity contribution in [3.63, 3.8) is 0 Å². The Morgan fingerprint density at radius 3 is 2.90 bits per heavy atom. The lowest BCUT2D eigenvalue weighted by molar-refractivity contribution is 0.276. The molecule has 1 heterocycles. The van der Waals surface area contributed by atoms with Crippen molar-refractivity contribution in [3.05, 3.63) is 47.2 Å². The summed E-state index contributed by atoms with van der Waals surface area (Å²) >= 11 is 0. The van der Waals surface area contributed by atoms with Gasteiger partial charge in [-0.25, -0.2) is 4.99 Å². The topological polar surface area (TPSA) is 63.1 Å². The van der Waals surface area contributed by atoms with E-state index in [1.165, 1.54) is 24.0 Å². The molecule has 2 aliphatic rings. The normalized spacial score (nSPS) is 20.7. The molecule has 0 aromatic heterocycles. The van der Waals surface area contributed by atoms with Crippen molar-refractivity contribution in [2.24, 2.45) is 10.9 Å². The number of aliphatic hydroxyl groups is 1. The zero-order valence-electron chi connectivity index (χ0n) is 18.7. The number of nitrogens with zero attached hydrogens (tertiary/aromatic N) is 1. The van der Waals surface area contributed by atoms with Gasteiger partial charge in [-0.1, -0.05) is 38.0 Å². The first-order valence-electron chi connectivity index (χ1n) is 11.3. The molecule has 2 atom stereocenters. The van der Waals surface area contributed by atoms with Crippen molar-refractivity contribution in [2.75, 3.05) is 20.2 Å². The molecule has 0 radical (unpaired) electrons. The number of unbranched alkanes of at least 4 members (excludes halogenated alkanes) is 2. The van der Waals surface area contributed by atoms with Crippen molar-refractivity contribution >= 4 is 6.02 Å². The van der Waals surface area contributed by atoms with Crippen molar-refractivity contribution in [3.8, 4) is 11.5 Å². The number of fused-ring (bicyclic) bond motifs is 3. The van der Waals surface area contributed by atoms with Crippen LogP contribution >= 0.6 is 0 Å². The van der Waals surface area contributed by atoms with Gasteiger partial charge in [-0.05, 0) is 56.7 Å². The molecule has 0 spiro atoms. The van der Waals surface area contributed by atoms with E-state index in [1.807, 2.05) is 0 Å². The van der Waals surface area contributed by atoms with E-state index in [9.17, 15) is 0 Å². The van der Waals surface area contributed by atoms with Crippen LogP contribution in [0.5, 0.6) is 11.5 Å². The molecular formula is C25H36N2O3. The SMILES string of the molecule is C=C1Oc2cc(CCCCC)cc(O/C(=N\C)NCCCO)c2[C@@H]2C=C(C)CC[C@@H]12. The first-order valence-corrected chi connectivity index (χ1v) is 11.3. The molecule has 0 saturated heterocycles.